The Labute approximate surface area is 150 Å². The molecular formula is C19H17ClN2O3. The molecular weight excluding hydrogens is 340 g/mol. The van der Waals surface area contributed by atoms with E-state index in [4.69, 9.17) is 20.9 Å². The maximum absolute atomic E-state index is 12.4. The third-order valence-electron chi connectivity index (χ3n) is 3.78. The van der Waals surface area contributed by atoms with Crippen molar-refractivity contribution < 1.29 is 14.1 Å². The van der Waals surface area contributed by atoms with Gasteiger partial charge in [0.15, 0.2) is 0 Å². The summed E-state index contributed by atoms with van der Waals surface area (Å²) in [5.74, 6) is 1.06. The van der Waals surface area contributed by atoms with E-state index in [1.165, 1.54) is 0 Å². The average molecular weight is 357 g/mol. The smallest absolute Gasteiger partial charge is 0.255 e. The van der Waals surface area contributed by atoms with Crippen molar-refractivity contribution in [3.8, 4) is 5.75 Å². The molecule has 0 spiro atoms. The van der Waals surface area contributed by atoms with Crippen LogP contribution >= 0.6 is 11.6 Å². The zero-order valence-corrected chi connectivity index (χ0v) is 14.6. The van der Waals surface area contributed by atoms with E-state index in [1.807, 2.05) is 19.9 Å². The van der Waals surface area contributed by atoms with E-state index in [2.05, 4.69) is 10.5 Å². The molecule has 128 valence electrons. The molecule has 0 fully saturated rings. The fraction of sp³-hybridized carbons (Fsp3) is 0.158. The Kier molecular flexibility index (Phi) is 5.05. The highest BCUT2D eigenvalue weighted by molar-refractivity contribution is 6.33. The zero-order chi connectivity index (χ0) is 17.8. The summed E-state index contributed by atoms with van der Waals surface area (Å²) in [7, 11) is 0. The van der Waals surface area contributed by atoms with Crippen LogP contribution in [-0.4, -0.2) is 11.1 Å². The van der Waals surface area contributed by atoms with E-state index in [0.29, 0.717) is 28.6 Å². The van der Waals surface area contributed by atoms with Gasteiger partial charge >= 0.3 is 0 Å². The van der Waals surface area contributed by atoms with Gasteiger partial charge in [0.1, 0.15) is 18.1 Å². The maximum Gasteiger partial charge on any atom is 0.255 e. The Morgan fingerprint density at radius 2 is 2.00 bits per heavy atom. The van der Waals surface area contributed by atoms with Crippen molar-refractivity contribution in [2.24, 2.45) is 0 Å². The Hall–Kier alpha value is -2.79. The standard InChI is InChI=1S/C19H17ClN2O3/c1-12-16(13(2)25-22-12)11-24-15-7-5-6-14(10-15)19(23)21-18-9-4-3-8-17(18)20/h3-10H,11H2,1-2H3,(H,21,23). The van der Waals surface area contributed by atoms with Gasteiger partial charge in [0.05, 0.1) is 22.0 Å². The summed E-state index contributed by atoms with van der Waals surface area (Å²) in [6, 6.07) is 14.1. The van der Waals surface area contributed by atoms with Crippen LogP contribution in [0.1, 0.15) is 27.4 Å². The van der Waals surface area contributed by atoms with E-state index in [9.17, 15) is 4.79 Å². The van der Waals surface area contributed by atoms with Gasteiger partial charge in [0.2, 0.25) is 0 Å². The second-order valence-electron chi connectivity index (χ2n) is 5.55. The number of rotatable bonds is 5. The summed E-state index contributed by atoms with van der Waals surface area (Å²) in [5, 5.41) is 7.18. The summed E-state index contributed by atoms with van der Waals surface area (Å²) in [5.41, 5.74) is 2.75. The van der Waals surface area contributed by atoms with Crippen LogP contribution < -0.4 is 10.1 Å². The zero-order valence-electron chi connectivity index (χ0n) is 13.9. The molecule has 6 heteroatoms. The number of aromatic nitrogens is 1. The number of ether oxygens (including phenoxy) is 1. The average Bonchev–Trinajstić information content (AvgIpc) is 2.93. The second-order valence-corrected chi connectivity index (χ2v) is 5.96. The van der Waals surface area contributed by atoms with E-state index < -0.39 is 0 Å². The number of para-hydroxylation sites is 1. The number of carbonyl (C=O) groups excluding carboxylic acids is 1. The molecule has 1 heterocycles. The molecule has 0 aliphatic carbocycles. The number of hydrogen-bond donors (Lipinski definition) is 1. The largest absolute Gasteiger partial charge is 0.489 e. The van der Waals surface area contributed by atoms with Crippen molar-refractivity contribution >= 4 is 23.2 Å². The topological polar surface area (TPSA) is 64.4 Å². The highest BCUT2D eigenvalue weighted by Crippen LogP contribution is 2.23. The molecule has 3 rings (SSSR count). The summed E-state index contributed by atoms with van der Waals surface area (Å²) < 4.78 is 10.9. The van der Waals surface area contributed by atoms with Crippen LogP contribution in [0, 0.1) is 13.8 Å². The predicted molar refractivity (Wildman–Crippen MR) is 96.2 cm³/mol. The van der Waals surface area contributed by atoms with Gasteiger partial charge < -0.3 is 14.6 Å². The molecule has 25 heavy (non-hydrogen) atoms. The summed E-state index contributed by atoms with van der Waals surface area (Å²) in [6.07, 6.45) is 0. The lowest BCUT2D eigenvalue weighted by Crippen LogP contribution is -2.12. The Balaban J connectivity index is 1.71. The van der Waals surface area contributed by atoms with Crippen molar-refractivity contribution in [2.75, 3.05) is 5.32 Å². The minimum Gasteiger partial charge on any atom is -0.489 e. The lowest BCUT2D eigenvalue weighted by molar-refractivity contribution is 0.102. The van der Waals surface area contributed by atoms with Crippen LogP contribution in [0.15, 0.2) is 53.1 Å². The van der Waals surface area contributed by atoms with Crippen LogP contribution in [0.5, 0.6) is 5.75 Å². The third kappa shape index (κ3) is 4.00. The molecule has 0 aliphatic rings. The Morgan fingerprint density at radius 1 is 1.20 bits per heavy atom. The van der Waals surface area contributed by atoms with E-state index in [1.54, 1.807) is 42.5 Å². The van der Waals surface area contributed by atoms with Gasteiger partial charge in [0.25, 0.3) is 5.91 Å². The highest BCUT2D eigenvalue weighted by Gasteiger charge is 2.12. The maximum atomic E-state index is 12.4. The van der Waals surface area contributed by atoms with Crippen molar-refractivity contribution in [1.29, 1.82) is 0 Å². The molecule has 1 N–H and O–H groups in total. The molecule has 1 amide bonds. The van der Waals surface area contributed by atoms with Gasteiger partial charge in [-0.1, -0.05) is 35.0 Å². The van der Waals surface area contributed by atoms with E-state index >= 15 is 0 Å². The van der Waals surface area contributed by atoms with Gasteiger partial charge in [0, 0.05) is 5.56 Å². The van der Waals surface area contributed by atoms with Crippen molar-refractivity contribution in [3.05, 3.63) is 76.1 Å². The SMILES string of the molecule is Cc1noc(C)c1COc1cccc(C(=O)Nc2ccccc2Cl)c1. The van der Waals surface area contributed by atoms with Crippen LogP contribution in [-0.2, 0) is 6.61 Å². The number of carbonyl (C=O) groups is 1. The number of benzene rings is 2. The quantitative estimate of drug-likeness (QED) is 0.714. The number of nitrogens with zero attached hydrogens (tertiary/aromatic N) is 1. The Bertz CT molecular complexity index is 886. The summed E-state index contributed by atoms with van der Waals surface area (Å²) >= 11 is 6.07. The first-order valence-corrected chi connectivity index (χ1v) is 8.13. The number of amides is 1. The molecule has 0 unspecified atom stereocenters. The lowest BCUT2D eigenvalue weighted by Gasteiger charge is -2.09. The fourth-order valence-electron chi connectivity index (χ4n) is 2.35. The van der Waals surface area contributed by atoms with E-state index in [-0.39, 0.29) is 5.91 Å². The van der Waals surface area contributed by atoms with Crippen molar-refractivity contribution in [2.45, 2.75) is 20.5 Å². The van der Waals surface area contributed by atoms with Crippen LogP contribution in [0.3, 0.4) is 0 Å². The van der Waals surface area contributed by atoms with Crippen LogP contribution in [0.25, 0.3) is 0 Å². The first-order chi connectivity index (χ1) is 12.0. The normalized spacial score (nSPS) is 10.5. The molecule has 3 aromatic rings. The predicted octanol–water partition coefficient (Wildman–Crippen LogP) is 4.78. The highest BCUT2D eigenvalue weighted by atomic mass is 35.5. The number of halogens is 1. The number of anilines is 1. The second kappa shape index (κ2) is 7.40. The van der Waals surface area contributed by atoms with Gasteiger partial charge in [-0.2, -0.15) is 0 Å². The fourth-order valence-corrected chi connectivity index (χ4v) is 2.53. The van der Waals surface area contributed by atoms with Gasteiger partial charge in [-0.15, -0.1) is 0 Å². The van der Waals surface area contributed by atoms with Gasteiger partial charge in [-0.25, -0.2) is 0 Å². The molecule has 0 saturated heterocycles. The number of aryl methyl sites for hydroxylation is 2. The Morgan fingerprint density at radius 3 is 2.72 bits per heavy atom. The summed E-state index contributed by atoms with van der Waals surface area (Å²) in [4.78, 5) is 12.4. The molecule has 0 radical (unpaired) electrons. The molecule has 0 aliphatic heterocycles. The number of nitrogens with one attached hydrogen (secondary N) is 1. The van der Waals surface area contributed by atoms with Gasteiger partial charge in [-0.05, 0) is 44.2 Å². The minimum absolute atomic E-state index is 0.254. The number of hydrogen-bond acceptors (Lipinski definition) is 4. The first kappa shape index (κ1) is 17.0. The molecule has 5 nitrogen and oxygen atoms in total. The minimum atomic E-state index is -0.254. The monoisotopic (exact) mass is 356 g/mol. The van der Waals surface area contributed by atoms with Crippen molar-refractivity contribution in [1.82, 2.24) is 5.16 Å². The first-order valence-electron chi connectivity index (χ1n) is 7.75. The lowest BCUT2D eigenvalue weighted by atomic mass is 10.2. The molecule has 2 aromatic carbocycles. The summed E-state index contributed by atoms with van der Waals surface area (Å²) in [6.45, 7) is 4.03. The van der Waals surface area contributed by atoms with Crippen LogP contribution in [0.2, 0.25) is 5.02 Å². The van der Waals surface area contributed by atoms with Crippen LogP contribution in [0.4, 0.5) is 5.69 Å². The van der Waals surface area contributed by atoms with E-state index in [0.717, 1.165) is 17.0 Å². The van der Waals surface area contributed by atoms with Gasteiger partial charge in [-0.3, -0.25) is 4.79 Å². The molecule has 0 saturated carbocycles. The molecule has 0 bridgehead atoms. The van der Waals surface area contributed by atoms with Crippen molar-refractivity contribution in [3.63, 3.8) is 0 Å². The molecule has 0 atom stereocenters. The third-order valence-corrected chi connectivity index (χ3v) is 4.11. The molecule has 1 aromatic heterocycles.